The fraction of sp³-hybridized carbons (Fsp3) is 0. The lowest BCUT2D eigenvalue weighted by Crippen LogP contribution is -1.70. The van der Waals surface area contributed by atoms with Crippen molar-refractivity contribution in [1.82, 2.24) is 15.2 Å². The van der Waals surface area contributed by atoms with Gasteiger partial charge in [0.2, 0.25) is 0 Å². The van der Waals surface area contributed by atoms with E-state index in [1.165, 1.54) is 11.3 Å². The highest BCUT2D eigenvalue weighted by Gasteiger charge is 2.06. The van der Waals surface area contributed by atoms with Crippen LogP contribution in [-0.4, -0.2) is 15.2 Å². The molecule has 0 unspecified atom stereocenters. The molecule has 0 spiro atoms. The van der Waals surface area contributed by atoms with E-state index in [2.05, 4.69) is 15.2 Å². The second-order valence-electron chi connectivity index (χ2n) is 1.73. The summed E-state index contributed by atoms with van der Waals surface area (Å²) >= 11 is 3.45. The highest BCUT2D eigenvalue weighted by molar-refractivity contribution is 14.1. The summed E-state index contributed by atoms with van der Waals surface area (Å²) in [5.41, 5.74) is 1.73. The van der Waals surface area contributed by atoms with Crippen LogP contribution in [0.2, 0.25) is 0 Å². The Bertz CT molecular complexity index is 344. The number of nitrogens with zero attached hydrogens (tertiary/aromatic N) is 3. The zero-order chi connectivity index (χ0) is 7.68. The number of halogens is 1. The third-order valence-corrected chi connectivity index (χ3v) is 2.24. The molecule has 0 atom stereocenters. The van der Waals surface area contributed by atoms with Crippen molar-refractivity contribution in [3.8, 4) is 10.8 Å². The summed E-state index contributed by atoms with van der Waals surface area (Å²) in [7, 11) is 0. The normalized spacial score (nSPS) is 10.3. The maximum Gasteiger partial charge on any atom is 0.278 e. The molecule has 0 N–H and O–H groups in total. The minimum Gasteiger partial charge on any atom is -0.411 e. The molecule has 0 amide bonds. The van der Waals surface area contributed by atoms with Crippen molar-refractivity contribution in [2.45, 2.75) is 0 Å². The van der Waals surface area contributed by atoms with Crippen molar-refractivity contribution in [3.05, 3.63) is 15.6 Å². The molecule has 2 rings (SSSR count). The van der Waals surface area contributed by atoms with Gasteiger partial charge in [-0.05, 0) is 0 Å². The van der Waals surface area contributed by atoms with E-state index in [0.29, 0.717) is 9.79 Å². The Kier molecular flexibility index (Phi) is 1.86. The van der Waals surface area contributed by atoms with Crippen LogP contribution in [0.25, 0.3) is 10.8 Å². The Morgan fingerprint density at radius 3 is 2.91 bits per heavy atom. The van der Waals surface area contributed by atoms with E-state index in [-0.39, 0.29) is 0 Å². The molecular weight excluding hydrogens is 277 g/mol. The van der Waals surface area contributed by atoms with Gasteiger partial charge in [-0.15, -0.1) is 21.5 Å². The van der Waals surface area contributed by atoms with Crippen molar-refractivity contribution in [1.29, 1.82) is 0 Å². The highest BCUT2D eigenvalue weighted by Crippen LogP contribution is 2.21. The number of thiazole rings is 1. The number of rotatable bonds is 1. The molecule has 2 aromatic heterocycles. The second kappa shape index (κ2) is 2.86. The lowest BCUT2D eigenvalue weighted by Gasteiger charge is -1.80. The molecule has 0 bridgehead atoms. The van der Waals surface area contributed by atoms with E-state index < -0.39 is 0 Å². The molecule has 2 heterocycles. The molecule has 0 aliphatic heterocycles. The third-order valence-electron chi connectivity index (χ3n) is 1.04. The van der Waals surface area contributed by atoms with Crippen LogP contribution in [0, 0.1) is 3.90 Å². The maximum absolute atomic E-state index is 5.16. The first-order valence-electron chi connectivity index (χ1n) is 2.74. The smallest absolute Gasteiger partial charge is 0.278 e. The number of aromatic nitrogens is 3. The molecule has 4 nitrogen and oxygen atoms in total. The maximum atomic E-state index is 5.16. The zero-order valence-electron chi connectivity index (χ0n) is 5.19. The van der Waals surface area contributed by atoms with Crippen LogP contribution in [0.15, 0.2) is 16.1 Å². The first-order valence-corrected chi connectivity index (χ1v) is 4.70. The first-order chi connectivity index (χ1) is 5.36. The summed E-state index contributed by atoms with van der Waals surface area (Å²) in [6.07, 6.45) is 1.70. The molecule has 56 valence electrons. The second-order valence-corrected chi connectivity index (χ2v) is 3.54. The molecule has 2 aromatic rings. The van der Waals surface area contributed by atoms with Gasteiger partial charge in [0.25, 0.3) is 9.79 Å². The van der Waals surface area contributed by atoms with Gasteiger partial charge in [0.1, 0.15) is 4.88 Å². The Hall–Kier alpha value is -0.500. The van der Waals surface area contributed by atoms with Crippen molar-refractivity contribution >= 4 is 33.9 Å². The van der Waals surface area contributed by atoms with Crippen molar-refractivity contribution < 1.29 is 4.42 Å². The van der Waals surface area contributed by atoms with E-state index in [9.17, 15) is 0 Å². The SMILES string of the molecule is Ic1nnc(-c2cncs2)o1. The molecular formula is C5H2IN3OS. The van der Waals surface area contributed by atoms with Gasteiger partial charge in [0.15, 0.2) is 0 Å². The molecule has 11 heavy (non-hydrogen) atoms. The molecule has 0 fully saturated rings. The molecule has 0 aliphatic rings. The van der Waals surface area contributed by atoms with E-state index in [1.54, 1.807) is 11.7 Å². The average molecular weight is 279 g/mol. The van der Waals surface area contributed by atoms with Gasteiger partial charge in [-0.25, -0.2) is 0 Å². The zero-order valence-corrected chi connectivity index (χ0v) is 8.16. The molecule has 0 aliphatic carbocycles. The Morgan fingerprint density at radius 2 is 2.36 bits per heavy atom. The van der Waals surface area contributed by atoms with E-state index >= 15 is 0 Å². The van der Waals surface area contributed by atoms with E-state index in [4.69, 9.17) is 4.42 Å². The minimum absolute atomic E-state index is 0.539. The molecule has 0 radical (unpaired) electrons. The monoisotopic (exact) mass is 279 g/mol. The van der Waals surface area contributed by atoms with Crippen LogP contribution in [0.4, 0.5) is 0 Å². The lowest BCUT2D eigenvalue weighted by atomic mass is 10.6. The Morgan fingerprint density at radius 1 is 1.45 bits per heavy atom. The lowest BCUT2D eigenvalue weighted by molar-refractivity contribution is 0.538. The summed E-state index contributed by atoms with van der Waals surface area (Å²) in [5, 5.41) is 7.53. The standard InChI is InChI=1S/C5H2IN3OS/c6-5-9-8-4(10-5)3-1-7-2-11-3/h1-2H. The van der Waals surface area contributed by atoms with Gasteiger partial charge < -0.3 is 4.42 Å². The quantitative estimate of drug-likeness (QED) is 0.747. The average Bonchev–Trinajstić information content (AvgIpc) is 2.55. The predicted molar refractivity (Wildman–Crippen MR) is 48.1 cm³/mol. The largest absolute Gasteiger partial charge is 0.411 e. The fourth-order valence-electron chi connectivity index (χ4n) is 0.626. The van der Waals surface area contributed by atoms with Crippen molar-refractivity contribution in [2.75, 3.05) is 0 Å². The summed E-state index contributed by atoms with van der Waals surface area (Å²) < 4.78 is 5.71. The van der Waals surface area contributed by atoms with Crippen LogP contribution in [0.5, 0.6) is 0 Å². The number of hydrogen-bond acceptors (Lipinski definition) is 5. The number of hydrogen-bond donors (Lipinski definition) is 0. The third kappa shape index (κ3) is 1.41. The summed E-state index contributed by atoms with van der Waals surface area (Å²) in [6.45, 7) is 0. The van der Waals surface area contributed by atoms with Gasteiger partial charge in [0, 0.05) is 22.6 Å². The van der Waals surface area contributed by atoms with Crippen molar-refractivity contribution in [2.24, 2.45) is 0 Å². The van der Waals surface area contributed by atoms with Crippen LogP contribution in [0.3, 0.4) is 0 Å². The summed E-state index contributed by atoms with van der Waals surface area (Å²) in [5.74, 6) is 0.539. The first kappa shape index (κ1) is 7.17. The molecule has 0 aromatic carbocycles. The molecule has 0 saturated heterocycles. The van der Waals surface area contributed by atoms with Gasteiger partial charge in [-0.3, -0.25) is 4.98 Å². The van der Waals surface area contributed by atoms with Crippen LogP contribution < -0.4 is 0 Å². The Balaban J connectivity index is 2.45. The van der Waals surface area contributed by atoms with Gasteiger partial charge >= 0.3 is 0 Å². The van der Waals surface area contributed by atoms with E-state index in [1.807, 2.05) is 22.6 Å². The fourth-order valence-corrected chi connectivity index (χ4v) is 1.48. The summed E-state index contributed by atoms with van der Waals surface area (Å²) in [4.78, 5) is 4.80. The van der Waals surface area contributed by atoms with Crippen LogP contribution in [0.1, 0.15) is 0 Å². The topological polar surface area (TPSA) is 51.8 Å². The van der Waals surface area contributed by atoms with Crippen LogP contribution in [-0.2, 0) is 0 Å². The molecule has 0 saturated carbocycles. The van der Waals surface area contributed by atoms with Crippen LogP contribution >= 0.6 is 33.9 Å². The molecule has 6 heteroatoms. The predicted octanol–water partition coefficient (Wildman–Crippen LogP) is 1.80. The van der Waals surface area contributed by atoms with Crippen molar-refractivity contribution in [3.63, 3.8) is 0 Å². The summed E-state index contributed by atoms with van der Waals surface area (Å²) in [6, 6.07) is 0. The minimum atomic E-state index is 0.539. The van der Waals surface area contributed by atoms with E-state index in [0.717, 1.165) is 4.88 Å². The Labute approximate surface area is 79.8 Å². The van der Waals surface area contributed by atoms with Gasteiger partial charge in [0.05, 0.1) is 11.7 Å². The van der Waals surface area contributed by atoms with Gasteiger partial charge in [-0.1, -0.05) is 0 Å². The van der Waals surface area contributed by atoms with Gasteiger partial charge in [-0.2, -0.15) is 0 Å². The highest BCUT2D eigenvalue weighted by atomic mass is 127.